The van der Waals surface area contributed by atoms with Crippen LogP contribution in [0.25, 0.3) is 5.52 Å². The van der Waals surface area contributed by atoms with Gasteiger partial charge in [-0.3, -0.25) is 4.79 Å². The number of nitrogens with zero attached hydrogens (tertiary/aromatic N) is 4. The molecule has 2 aliphatic heterocycles. The lowest BCUT2D eigenvalue weighted by Crippen LogP contribution is -2.49. The molecule has 11 heteroatoms. The lowest BCUT2D eigenvalue weighted by molar-refractivity contribution is 0.0979. The fraction of sp³-hybridized carbons (Fsp3) is 0.467. The van der Waals surface area contributed by atoms with Crippen LogP contribution >= 0.6 is 0 Å². The standard InChI is InChI=1S/C15H17F2N5O3S/c16-10-2-6-20(9-10)12-3-7-22-14(13(12)17)11(8-18-22)15(23)19-26(24,25)21-4-1-5-21/h3,7-8,10H,1-2,4-6,9H2,(H,19,23)/t10-/m0/s1. The number of aromatic nitrogens is 2. The van der Waals surface area contributed by atoms with E-state index in [4.69, 9.17) is 0 Å². The van der Waals surface area contributed by atoms with Crippen LogP contribution in [0.2, 0.25) is 0 Å². The first-order valence-corrected chi connectivity index (χ1v) is 9.68. The fourth-order valence-electron chi connectivity index (χ4n) is 3.14. The lowest BCUT2D eigenvalue weighted by atomic mass is 10.2. The summed E-state index contributed by atoms with van der Waals surface area (Å²) >= 11 is 0. The van der Waals surface area contributed by atoms with Crippen LogP contribution in [-0.4, -0.2) is 60.6 Å². The van der Waals surface area contributed by atoms with Crippen LogP contribution in [0.5, 0.6) is 0 Å². The molecule has 140 valence electrons. The molecule has 1 amide bonds. The lowest BCUT2D eigenvalue weighted by Gasteiger charge is -2.29. The Balaban J connectivity index is 1.68. The normalized spacial score (nSPS) is 21.2. The molecule has 0 unspecified atom stereocenters. The third-order valence-electron chi connectivity index (χ3n) is 4.69. The Kier molecular flexibility index (Phi) is 4.07. The summed E-state index contributed by atoms with van der Waals surface area (Å²) in [5.74, 6) is -1.68. The average molecular weight is 385 g/mol. The van der Waals surface area contributed by atoms with Crippen molar-refractivity contribution in [2.75, 3.05) is 31.1 Å². The van der Waals surface area contributed by atoms with Gasteiger partial charge in [0, 0.05) is 32.4 Å². The maximum atomic E-state index is 15.0. The summed E-state index contributed by atoms with van der Waals surface area (Å²) < 4.78 is 56.8. The molecule has 0 aromatic carbocycles. The van der Waals surface area contributed by atoms with Crippen LogP contribution < -0.4 is 9.62 Å². The minimum Gasteiger partial charge on any atom is -0.366 e. The maximum absolute atomic E-state index is 15.0. The van der Waals surface area contributed by atoms with Crippen LogP contribution in [0, 0.1) is 5.82 Å². The zero-order valence-corrected chi connectivity index (χ0v) is 14.5. The molecule has 0 spiro atoms. The van der Waals surface area contributed by atoms with Gasteiger partial charge in [0.25, 0.3) is 5.91 Å². The zero-order chi connectivity index (χ0) is 18.5. The number of pyridine rings is 1. The summed E-state index contributed by atoms with van der Waals surface area (Å²) in [7, 11) is -3.95. The number of fused-ring (bicyclic) bond motifs is 1. The van der Waals surface area contributed by atoms with Gasteiger partial charge < -0.3 is 4.90 Å². The van der Waals surface area contributed by atoms with Gasteiger partial charge in [-0.1, -0.05) is 0 Å². The van der Waals surface area contributed by atoms with Crippen molar-refractivity contribution in [3.05, 3.63) is 29.8 Å². The Labute approximate surface area is 148 Å². The molecule has 0 aliphatic carbocycles. The van der Waals surface area contributed by atoms with Crippen LogP contribution in [0.4, 0.5) is 14.5 Å². The van der Waals surface area contributed by atoms with Gasteiger partial charge in [-0.05, 0) is 18.9 Å². The number of amides is 1. The Morgan fingerprint density at radius 3 is 2.69 bits per heavy atom. The van der Waals surface area contributed by atoms with E-state index in [0.29, 0.717) is 26.1 Å². The highest BCUT2D eigenvalue weighted by atomic mass is 32.2. The van der Waals surface area contributed by atoms with Crippen molar-refractivity contribution < 1.29 is 22.0 Å². The van der Waals surface area contributed by atoms with E-state index in [2.05, 4.69) is 5.10 Å². The van der Waals surface area contributed by atoms with Crippen molar-refractivity contribution >= 4 is 27.3 Å². The van der Waals surface area contributed by atoms with Crippen molar-refractivity contribution in [2.45, 2.75) is 19.0 Å². The van der Waals surface area contributed by atoms with Gasteiger partial charge in [0.2, 0.25) is 0 Å². The SMILES string of the molecule is O=C(NS(=O)(=O)N1CCC1)c1cnn2ccc(N3CC[C@H](F)C3)c(F)c12. The topological polar surface area (TPSA) is 87.0 Å². The molecule has 0 radical (unpaired) electrons. The third-order valence-corrected chi connectivity index (χ3v) is 6.18. The molecule has 0 saturated carbocycles. The van der Waals surface area contributed by atoms with E-state index in [1.165, 1.54) is 12.3 Å². The van der Waals surface area contributed by atoms with Gasteiger partial charge in [-0.15, -0.1) is 0 Å². The molecule has 2 saturated heterocycles. The molecule has 0 bridgehead atoms. The predicted octanol–water partition coefficient (Wildman–Crippen LogP) is 0.702. The Hall–Kier alpha value is -2.27. The summed E-state index contributed by atoms with van der Waals surface area (Å²) in [5, 5.41) is 3.91. The molecule has 2 aromatic rings. The third kappa shape index (κ3) is 2.80. The van der Waals surface area contributed by atoms with Crippen LogP contribution in [0.1, 0.15) is 23.2 Å². The second-order valence-electron chi connectivity index (χ2n) is 6.39. The Morgan fingerprint density at radius 2 is 2.08 bits per heavy atom. The molecule has 2 aliphatic rings. The van der Waals surface area contributed by atoms with Gasteiger partial charge in [0.05, 0.1) is 17.4 Å². The number of hydrogen-bond acceptors (Lipinski definition) is 5. The molecule has 26 heavy (non-hydrogen) atoms. The highest BCUT2D eigenvalue weighted by Gasteiger charge is 2.31. The highest BCUT2D eigenvalue weighted by molar-refractivity contribution is 7.87. The Morgan fingerprint density at radius 1 is 1.31 bits per heavy atom. The van der Waals surface area contributed by atoms with Crippen molar-refractivity contribution in [3.63, 3.8) is 0 Å². The Bertz CT molecular complexity index is 973. The van der Waals surface area contributed by atoms with E-state index in [1.54, 1.807) is 4.90 Å². The summed E-state index contributed by atoms with van der Waals surface area (Å²) in [6.07, 6.45) is 2.59. The molecule has 1 atom stereocenters. The second-order valence-corrected chi connectivity index (χ2v) is 8.06. The van der Waals surface area contributed by atoms with Gasteiger partial charge in [-0.25, -0.2) is 18.0 Å². The van der Waals surface area contributed by atoms with Crippen molar-refractivity contribution in [2.24, 2.45) is 0 Å². The van der Waals surface area contributed by atoms with Gasteiger partial charge >= 0.3 is 10.2 Å². The van der Waals surface area contributed by atoms with Crippen LogP contribution in [0.15, 0.2) is 18.5 Å². The van der Waals surface area contributed by atoms with Crippen LogP contribution in [-0.2, 0) is 10.2 Å². The molecule has 2 fully saturated rings. The monoisotopic (exact) mass is 385 g/mol. The molecule has 1 N–H and O–H groups in total. The number of halogens is 2. The predicted molar refractivity (Wildman–Crippen MR) is 89.5 cm³/mol. The highest BCUT2D eigenvalue weighted by Crippen LogP contribution is 2.29. The first-order chi connectivity index (χ1) is 12.4. The molecular weight excluding hydrogens is 368 g/mol. The molecule has 2 aromatic heterocycles. The van der Waals surface area contributed by atoms with Crippen molar-refractivity contribution in [1.29, 1.82) is 0 Å². The summed E-state index contributed by atoms with van der Waals surface area (Å²) in [4.78, 5) is 14.0. The molecular formula is C15H17F2N5O3S. The van der Waals surface area contributed by atoms with Crippen LogP contribution in [0.3, 0.4) is 0 Å². The van der Waals surface area contributed by atoms with Crippen molar-refractivity contribution in [1.82, 2.24) is 18.6 Å². The number of alkyl halides is 1. The first-order valence-electron chi connectivity index (χ1n) is 8.24. The van der Waals surface area contributed by atoms with E-state index < -0.39 is 28.1 Å². The number of nitrogens with one attached hydrogen (secondary N) is 1. The fourth-order valence-corrected chi connectivity index (χ4v) is 4.35. The quantitative estimate of drug-likeness (QED) is 0.837. The van der Waals surface area contributed by atoms with Gasteiger partial charge in [0.15, 0.2) is 5.82 Å². The van der Waals surface area contributed by atoms with E-state index in [9.17, 15) is 17.6 Å². The minimum absolute atomic E-state index is 0.0755. The van der Waals surface area contributed by atoms with Crippen molar-refractivity contribution in [3.8, 4) is 0 Å². The largest absolute Gasteiger partial charge is 0.366 e. The smallest absolute Gasteiger partial charge is 0.304 e. The number of rotatable bonds is 4. The second kappa shape index (κ2) is 6.16. The molecule has 4 heterocycles. The van der Waals surface area contributed by atoms with E-state index in [-0.39, 0.29) is 23.3 Å². The average Bonchev–Trinajstić information content (AvgIpc) is 3.11. The summed E-state index contributed by atoms with van der Waals surface area (Å²) in [6.45, 7) is 1.13. The van der Waals surface area contributed by atoms with E-state index in [1.807, 2.05) is 4.72 Å². The van der Waals surface area contributed by atoms with Gasteiger partial charge in [0.1, 0.15) is 11.7 Å². The van der Waals surface area contributed by atoms with E-state index in [0.717, 1.165) is 21.4 Å². The molecule has 8 nitrogen and oxygen atoms in total. The number of hydrogen-bond donors (Lipinski definition) is 1. The van der Waals surface area contributed by atoms with Gasteiger partial charge in [-0.2, -0.15) is 17.8 Å². The number of carbonyl (C=O) groups is 1. The zero-order valence-electron chi connectivity index (χ0n) is 13.7. The number of carbonyl (C=O) groups excluding carboxylic acids is 1. The minimum atomic E-state index is -3.95. The number of anilines is 1. The van der Waals surface area contributed by atoms with E-state index >= 15 is 4.39 Å². The maximum Gasteiger partial charge on any atom is 0.304 e. The first kappa shape index (κ1) is 17.2. The summed E-state index contributed by atoms with van der Waals surface area (Å²) in [5.41, 5.74) is -0.164. The summed E-state index contributed by atoms with van der Waals surface area (Å²) in [6, 6.07) is 1.46. The molecule has 4 rings (SSSR count).